The molecule has 0 aliphatic carbocycles. The van der Waals surface area contributed by atoms with Crippen LogP contribution < -0.4 is 10.1 Å². The highest BCUT2D eigenvalue weighted by molar-refractivity contribution is 6.60. The summed E-state index contributed by atoms with van der Waals surface area (Å²) >= 11 is 0. The summed E-state index contributed by atoms with van der Waals surface area (Å²) in [5.74, 6) is -0.0414. The van der Waals surface area contributed by atoms with E-state index in [1.807, 2.05) is 57.2 Å². The van der Waals surface area contributed by atoms with Crippen LogP contribution in [0.2, 0.25) is 6.04 Å². The number of amides is 1. The van der Waals surface area contributed by atoms with E-state index in [4.69, 9.17) is 22.8 Å². The van der Waals surface area contributed by atoms with Crippen molar-refractivity contribution in [3.05, 3.63) is 47.5 Å². The van der Waals surface area contributed by atoms with E-state index in [9.17, 15) is 14.7 Å². The minimum Gasteiger partial charge on any atom is -0.494 e. The number of ether oxygens (including phenoxy) is 2. The van der Waals surface area contributed by atoms with Crippen LogP contribution in [0.1, 0.15) is 91.0 Å². The van der Waals surface area contributed by atoms with Gasteiger partial charge in [-0.25, -0.2) is 9.59 Å². The van der Waals surface area contributed by atoms with Crippen LogP contribution in [-0.4, -0.2) is 65.6 Å². The van der Waals surface area contributed by atoms with Crippen LogP contribution in [0, 0.1) is 0 Å². The Hall–Kier alpha value is -2.92. The third-order valence-corrected chi connectivity index (χ3v) is 10.2. The van der Waals surface area contributed by atoms with E-state index in [-0.39, 0.29) is 0 Å². The van der Waals surface area contributed by atoms with Gasteiger partial charge in [0, 0.05) is 38.0 Å². The SMILES string of the molecule is CCCCCOc1ccc2cc(/C=C(\CCCCCCOC(=O)NCCC[Si](OCC)(OCC)OCC)C(=O)O)ccc2c1. The maximum Gasteiger partial charge on any atom is 0.500 e. The molecule has 2 aromatic carbocycles. The zero-order valence-corrected chi connectivity index (χ0v) is 28.2. The summed E-state index contributed by atoms with van der Waals surface area (Å²) in [5.41, 5.74) is 1.26. The van der Waals surface area contributed by atoms with Crippen molar-refractivity contribution in [1.29, 1.82) is 0 Å². The monoisotopic (exact) mass is 631 g/mol. The molecule has 0 saturated carbocycles. The molecule has 44 heavy (non-hydrogen) atoms. The number of carboxylic acid groups (broad SMARTS) is 1. The number of carbonyl (C=O) groups excluding carboxylic acids is 1. The fourth-order valence-electron chi connectivity index (χ4n) is 4.89. The van der Waals surface area contributed by atoms with Crippen LogP contribution >= 0.6 is 0 Å². The number of nitrogens with one attached hydrogen (secondary N) is 1. The average molecular weight is 632 g/mol. The molecule has 2 rings (SSSR count). The van der Waals surface area contributed by atoms with Crippen LogP contribution in [-0.2, 0) is 22.8 Å². The molecule has 10 heteroatoms. The van der Waals surface area contributed by atoms with Gasteiger partial charge in [-0.15, -0.1) is 0 Å². The summed E-state index contributed by atoms with van der Waals surface area (Å²) in [4.78, 5) is 23.9. The van der Waals surface area contributed by atoms with Gasteiger partial charge in [-0.2, -0.15) is 0 Å². The lowest BCUT2D eigenvalue weighted by molar-refractivity contribution is -0.132. The first-order chi connectivity index (χ1) is 21.4. The number of carbonyl (C=O) groups is 2. The van der Waals surface area contributed by atoms with Crippen LogP contribution in [0.15, 0.2) is 42.0 Å². The number of benzene rings is 2. The number of fused-ring (bicyclic) bond motifs is 1. The molecule has 0 radical (unpaired) electrons. The molecule has 0 saturated heterocycles. The van der Waals surface area contributed by atoms with E-state index in [0.717, 1.165) is 67.0 Å². The molecule has 0 atom stereocenters. The Bertz CT molecular complexity index is 1140. The molecule has 0 aliphatic rings. The van der Waals surface area contributed by atoms with E-state index in [0.29, 0.717) is 64.0 Å². The summed E-state index contributed by atoms with van der Waals surface area (Å²) in [6, 6.07) is 12.6. The molecule has 9 nitrogen and oxygen atoms in total. The van der Waals surface area contributed by atoms with Crippen molar-refractivity contribution >= 4 is 37.7 Å². The fraction of sp³-hybridized carbons (Fsp3) is 0.588. The largest absolute Gasteiger partial charge is 0.500 e. The lowest BCUT2D eigenvalue weighted by Gasteiger charge is -2.28. The number of rotatable bonds is 24. The van der Waals surface area contributed by atoms with Crippen LogP contribution in [0.4, 0.5) is 4.79 Å². The summed E-state index contributed by atoms with van der Waals surface area (Å²) < 4.78 is 28.6. The summed E-state index contributed by atoms with van der Waals surface area (Å²) in [6.07, 6.45) is 9.03. The molecule has 0 aromatic heterocycles. The first-order valence-corrected chi connectivity index (χ1v) is 18.2. The summed E-state index contributed by atoms with van der Waals surface area (Å²) in [5, 5.41) is 14.6. The van der Waals surface area contributed by atoms with Crippen molar-refractivity contribution in [2.45, 2.75) is 91.5 Å². The molecule has 246 valence electrons. The van der Waals surface area contributed by atoms with Crippen molar-refractivity contribution in [2.75, 3.05) is 39.6 Å². The number of aliphatic carboxylic acids is 1. The Morgan fingerprint density at radius 2 is 1.45 bits per heavy atom. The average Bonchev–Trinajstić information content (AvgIpc) is 3.00. The first-order valence-electron chi connectivity index (χ1n) is 16.3. The zero-order chi connectivity index (χ0) is 32.0. The first kappa shape index (κ1) is 37.3. The van der Waals surface area contributed by atoms with Crippen molar-refractivity contribution < 1.29 is 37.4 Å². The maximum absolute atomic E-state index is 12.0. The van der Waals surface area contributed by atoms with Gasteiger partial charge < -0.3 is 33.2 Å². The maximum atomic E-state index is 12.0. The molecule has 0 unspecified atom stereocenters. The fourth-order valence-corrected chi connectivity index (χ4v) is 7.50. The highest BCUT2D eigenvalue weighted by atomic mass is 28.4. The molecule has 0 fully saturated rings. The highest BCUT2D eigenvalue weighted by Gasteiger charge is 2.39. The second-order valence-corrected chi connectivity index (χ2v) is 13.3. The minimum absolute atomic E-state index is 0.325. The minimum atomic E-state index is -2.71. The lowest BCUT2D eigenvalue weighted by Crippen LogP contribution is -2.46. The Labute approximate surface area is 264 Å². The quantitative estimate of drug-likeness (QED) is 0.0681. The molecule has 1 amide bonds. The second-order valence-electron chi connectivity index (χ2n) is 10.6. The normalized spacial score (nSPS) is 12.0. The number of hydrogen-bond acceptors (Lipinski definition) is 7. The molecular weight excluding hydrogens is 578 g/mol. The van der Waals surface area contributed by atoms with E-state index in [1.165, 1.54) is 0 Å². The van der Waals surface area contributed by atoms with Gasteiger partial charge in [0.1, 0.15) is 5.75 Å². The molecule has 0 bridgehead atoms. The smallest absolute Gasteiger partial charge is 0.494 e. The van der Waals surface area contributed by atoms with Crippen LogP contribution in [0.5, 0.6) is 5.75 Å². The van der Waals surface area contributed by atoms with Crippen molar-refractivity contribution in [2.24, 2.45) is 0 Å². The molecule has 0 aliphatic heterocycles. The topological polar surface area (TPSA) is 113 Å². The van der Waals surface area contributed by atoms with Gasteiger partial charge >= 0.3 is 20.9 Å². The zero-order valence-electron chi connectivity index (χ0n) is 27.2. The number of carboxylic acids is 1. The number of alkyl carbamates (subject to hydrolysis) is 1. The van der Waals surface area contributed by atoms with E-state index >= 15 is 0 Å². The van der Waals surface area contributed by atoms with Gasteiger partial charge in [-0.05, 0) is 93.5 Å². The molecule has 0 heterocycles. The van der Waals surface area contributed by atoms with Crippen molar-refractivity contribution in [1.82, 2.24) is 5.32 Å². The summed E-state index contributed by atoms with van der Waals surface area (Å²) in [7, 11) is -2.71. The summed E-state index contributed by atoms with van der Waals surface area (Å²) in [6.45, 7) is 11.0. The van der Waals surface area contributed by atoms with Gasteiger partial charge in [0.05, 0.1) is 13.2 Å². The van der Waals surface area contributed by atoms with Crippen LogP contribution in [0.3, 0.4) is 0 Å². The molecular formula is C34H53NO8Si. The van der Waals surface area contributed by atoms with Gasteiger partial charge in [-0.1, -0.05) is 50.8 Å². The standard InChI is InChI=1S/C34H53NO8Si/c1-5-9-13-22-39-32-20-19-29-25-28(17-18-30(29)27-32)26-31(33(36)37)16-12-10-11-14-23-40-34(38)35-21-15-24-44(41-6-2,42-7-3)43-8-4/h17-20,25-27H,5-16,21-24H2,1-4H3,(H,35,38)(H,36,37)/b31-26+. The van der Waals surface area contributed by atoms with Gasteiger partial charge in [0.15, 0.2) is 0 Å². The Morgan fingerprint density at radius 3 is 2.14 bits per heavy atom. The Kier molecular flexibility index (Phi) is 18.4. The van der Waals surface area contributed by atoms with E-state index in [2.05, 4.69) is 12.2 Å². The van der Waals surface area contributed by atoms with E-state index in [1.54, 1.807) is 6.08 Å². The molecule has 2 aromatic rings. The van der Waals surface area contributed by atoms with Gasteiger partial charge in [0.2, 0.25) is 0 Å². The molecule has 2 N–H and O–H groups in total. The third-order valence-electron chi connectivity index (χ3n) is 7.06. The Morgan fingerprint density at radius 1 is 0.795 bits per heavy atom. The van der Waals surface area contributed by atoms with Gasteiger partial charge in [0.25, 0.3) is 0 Å². The highest BCUT2D eigenvalue weighted by Crippen LogP contribution is 2.24. The molecule has 0 spiro atoms. The number of unbranched alkanes of at least 4 members (excludes halogenated alkanes) is 5. The van der Waals surface area contributed by atoms with Crippen LogP contribution in [0.25, 0.3) is 16.8 Å². The number of hydrogen-bond donors (Lipinski definition) is 2. The Balaban J connectivity index is 1.69. The van der Waals surface area contributed by atoms with Gasteiger partial charge in [-0.3, -0.25) is 0 Å². The second kappa shape index (κ2) is 21.7. The predicted molar refractivity (Wildman–Crippen MR) is 177 cm³/mol. The van der Waals surface area contributed by atoms with Crippen molar-refractivity contribution in [3.8, 4) is 5.75 Å². The lowest BCUT2D eigenvalue weighted by atomic mass is 10.0. The third kappa shape index (κ3) is 14.2. The predicted octanol–water partition coefficient (Wildman–Crippen LogP) is 7.99. The van der Waals surface area contributed by atoms with E-state index < -0.39 is 20.9 Å². The van der Waals surface area contributed by atoms with Crippen molar-refractivity contribution in [3.63, 3.8) is 0 Å².